The van der Waals surface area contributed by atoms with Crippen LogP contribution in [0.2, 0.25) is 0 Å². The summed E-state index contributed by atoms with van der Waals surface area (Å²) in [5.74, 6) is -1.13. The zero-order chi connectivity index (χ0) is 23.8. The van der Waals surface area contributed by atoms with Crippen LogP contribution in [-0.2, 0) is 16.1 Å². The lowest BCUT2D eigenvalue weighted by molar-refractivity contribution is -0.124. The van der Waals surface area contributed by atoms with Gasteiger partial charge in [0.15, 0.2) is 5.13 Å². The first-order valence-electron chi connectivity index (χ1n) is 11.2. The van der Waals surface area contributed by atoms with Crippen LogP contribution in [0, 0.1) is 25.6 Å². The van der Waals surface area contributed by atoms with Crippen molar-refractivity contribution in [3.05, 3.63) is 89.2 Å². The summed E-state index contributed by atoms with van der Waals surface area (Å²) in [6.45, 7) is 4.71. The van der Waals surface area contributed by atoms with Crippen molar-refractivity contribution in [2.45, 2.75) is 26.8 Å². The summed E-state index contributed by atoms with van der Waals surface area (Å²) >= 11 is 1.49. The van der Waals surface area contributed by atoms with E-state index in [2.05, 4.69) is 12.1 Å². The molecule has 0 saturated carbocycles. The molecule has 1 aliphatic heterocycles. The van der Waals surface area contributed by atoms with Crippen LogP contribution < -0.4 is 9.80 Å². The summed E-state index contributed by atoms with van der Waals surface area (Å²) in [6, 6.07) is 19.8. The van der Waals surface area contributed by atoms with E-state index in [0.717, 1.165) is 26.9 Å². The number of hydrogen-bond acceptors (Lipinski definition) is 4. The normalized spacial score (nSPS) is 15.8. The first-order chi connectivity index (χ1) is 16.4. The summed E-state index contributed by atoms with van der Waals surface area (Å²) in [6.07, 6.45) is 0.116. The number of thiazole rings is 1. The van der Waals surface area contributed by atoms with Crippen molar-refractivity contribution in [2.75, 3.05) is 16.3 Å². The number of hydrogen-bond donors (Lipinski definition) is 0. The number of carbonyl (C=O) groups is 2. The van der Waals surface area contributed by atoms with E-state index in [1.54, 1.807) is 21.9 Å². The minimum absolute atomic E-state index is 0.116. The zero-order valence-electron chi connectivity index (χ0n) is 19.0. The highest BCUT2D eigenvalue weighted by Crippen LogP contribution is 2.35. The molecule has 1 fully saturated rings. The van der Waals surface area contributed by atoms with E-state index in [-0.39, 0.29) is 30.6 Å². The summed E-state index contributed by atoms with van der Waals surface area (Å²) in [5.41, 5.74) is 4.71. The maximum Gasteiger partial charge on any atom is 0.234 e. The van der Waals surface area contributed by atoms with Crippen molar-refractivity contribution < 1.29 is 14.0 Å². The molecule has 2 heterocycles. The van der Waals surface area contributed by atoms with Gasteiger partial charge in [0, 0.05) is 18.7 Å². The van der Waals surface area contributed by atoms with E-state index in [0.29, 0.717) is 17.4 Å². The SMILES string of the molecule is Cc1cc(C)c2nc(N(Cc3ccccc3)C(=O)C3CC(=O)N(c4ccc(F)cc4)C3)sc2c1. The fourth-order valence-electron chi connectivity index (χ4n) is 4.44. The number of aryl methyl sites for hydroxylation is 2. The van der Waals surface area contributed by atoms with Crippen LogP contribution in [0.1, 0.15) is 23.1 Å². The van der Waals surface area contributed by atoms with Gasteiger partial charge in [0.25, 0.3) is 0 Å². The summed E-state index contributed by atoms with van der Waals surface area (Å²) in [5, 5.41) is 0.630. The van der Waals surface area contributed by atoms with E-state index < -0.39 is 5.92 Å². The number of rotatable bonds is 5. The van der Waals surface area contributed by atoms with Gasteiger partial charge < -0.3 is 4.90 Å². The molecule has 0 aliphatic carbocycles. The second-order valence-corrected chi connectivity index (χ2v) is 9.73. The molecule has 0 N–H and O–H groups in total. The van der Waals surface area contributed by atoms with Crippen LogP contribution in [0.15, 0.2) is 66.7 Å². The topological polar surface area (TPSA) is 53.5 Å². The zero-order valence-corrected chi connectivity index (χ0v) is 19.8. The van der Waals surface area contributed by atoms with Gasteiger partial charge in [0.2, 0.25) is 11.8 Å². The standard InChI is InChI=1S/C27H24FN3O2S/c1-17-12-18(2)25-23(13-17)34-27(29-25)31(15-19-6-4-3-5-7-19)26(33)20-14-24(32)30(16-20)22-10-8-21(28)9-11-22/h3-13,20H,14-16H2,1-2H3. The number of fused-ring (bicyclic) bond motifs is 1. The number of halogens is 1. The van der Waals surface area contributed by atoms with E-state index in [1.165, 1.54) is 23.5 Å². The number of nitrogens with zero attached hydrogens (tertiary/aromatic N) is 3. The Bertz CT molecular complexity index is 1370. The van der Waals surface area contributed by atoms with Gasteiger partial charge in [-0.2, -0.15) is 0 Å². The van der Waals surface area contributed by atoms with Crippen LogP contribution >= 0.6 is 11.3 Å². The molecular weight excluding hydrogens is 449 g/mol. The second kappa shape index (κ2) is 8.99. The van der Waals surface area contributed by atoms with Gasteiger partial charge in [-0.15, -0.1) is 0 Å². The predicted octanol–water partition coefficient (Wildman–Crippen LogP) is 5.64. The summed E-state index contributed by atoms with van der Waals surface area (Å²) < 4.78 is 14.4. The fraction of sp³-hybridized carbons (Fsp3) is 0.222. The molecule has 7 heteroatoms. The second-order valence-electron chi connectivity index (χ2n) is 8.72. The molecule has 5 rings (SSSR count). The number of aromatic nitrogens is 1. The molecule has 0 bridgehead atoms. The molecule has 3 aromatic carbocycles. The van der Waals surface area contributed by atoms with Crippen LogP contribution in [0.3, 0.4) is 0 Å². The minimum atomic E-state index is -0.504. The highest BCUT2D eigenvalue weighted by atomic mass is 32.1. The molecule has 1 atom stereocenters. The average Bonchev–Trinajstić information content (AvgIpc) is 3.42. The molecule has 1 saturated heterocycles. The molecule has 4 aromatic rings. The van der Waals surface area contributed by atoms with Crippen LogP contribution in [0.4, 0.5) is 15.2 Å². The largest absolute Gasteiger partial charge is 0.312 e. The van der Waals surface area contributed by atoms with Crippen molar-refractivity contribution in [1.82, 2.24) is 4.98 Å². The molecule has 34 heavy (non-hydrogen) atoms. The molecule has 2 amide bonds. The highest BCUT2D eigenvalue weighted by Gasteiger charge is 2.38. The van der Waals surface area contributed by atoms with Crippen molar-refractivity contribution in [2.24, 2.45) is 5.92 Å². The first kappa shape index (κ1) is 22.2. The number of carbonyl (C=O) groups excluding carboxylic acids is 2. The van der Waals surface area contributed by atoms with Gasteiger partial charge in [-0.25, -0.2) is 9.37 Å². The molecule has 0 radical (unpaired) electrons. The van der Waals surface area contributed by atoms with Crippen molar-refractivity contribution in [3.8, 4) is 0 Å². The van der Waals surface area contributed by atoms with E-state index in [1.807, 2.05) is 44.2 Å². The third-order valence-corrected chi connectivity index (χ3v) is 7.14. The predicted molar refractivity (Wildman–Crippen MR) is 134 cm³/mol. The first-order valence-corrected chi connectivity index (χ1v) is 12.0. The number of benzene rings is 3. The average molecular weight is 474 g/mol. The molecule has 172 valence electrons. The third-order valence-electron chi connectivity index (χ3n) is 6.11. The Labute approximate surface area is 201 Å². The summed E-state index contributed by atoms with van der Waals surface area (Å²) in [7, 11) is 0. The van der Waals surface area contributed by atoms with E-state index in [9.17, 15) is 14.0 Å². The Balaban J connectivity index is 1.48. The third kappa shape index (κ3) is 4.31. The maximum absolute atomic E-state index is 13.8. The molecular formula is C27H24FN3O2S. The van der Waals surface area contributed by atoms with Gasteiger partial charge in [-0.3, -0.25) is 14.5 Å². The monoisotopic (exact) mass is 473 g/mol. The quantitative estimate of drug-likeness (QED) is 0.377. The smallest absolute Gasteiger partial charge is 0.234 e. The maximum atomic E-state index is 13.8. The van der Waals surface area contributed by atoms with Gasteiger partial charge in [-0.1, -0.05) is 47.7 Å². The molecule has 1 aliphatic rings. The molecule has 0 spiro atoms. The Morgan fingerprint density at radius 2 is 1.85 bits per heavy atom. The van der Waals surface area contributed by atoms with Gasteiger partial charge in [0.05, 0.1) is 22.7 Å². The minimum Gasteiger partial charge on any atom is -0.312 e. The molecule has 5 nitrogen and oxygen atoms in total. The van der Waals surface area contributed by atoms with Gasteiger partial charge in [0.1, 0.15) is 5.82 Å². The Kier molecular flexibility index (Phi) is 5.87. The number of amides is 2. The highest BCUT2D eigenvalue weighted by molar-refractivity contribution is 7.22. The lowest BCUT2D eigenvalue weighted by atomic mass is 10.1. The fourth-order valence-corrected chi connectivity index (χ4v) is 5.59. The van der Waals surface area contributed by atoms with Crippen LogP contribution in [0.25, 0.3) is 10.2 Å². The van der Waals surface area contributed by atoms with E-state index >= 15 is 0 Å². The van der Waals surface area contributed by atoms with Gasteiger partial charge >= 0.3 is 0 Å². The number of anilines is 2. The van der Waals surface area contributed by atoms with Crippen molar-refractivity contribution >= 4 is 44.2 Å². The Morgan fingerprint density at radius 3 is 2.59 bits per heavy atom. The van der Waals surface area contributed by atoms with Crippen molar-refractivity contribution in [1.29, 1.82) is 0 Å². The lowest BCUT2D eigenvalue weighted by Gasteiger charge is -2.23. The van der Waals surface area contributed by atoms with E-state index in [4.69, 9.17) is 4.98 Å². The van der Waals surface area contributed by atoms with Crippen molar-refractivity contribution in [3.63, 3.8) is 0 Å². The lowest BCUT2D eigenvalue weighted by Crippen LogP contribution is -2.37. The van der Waals surface area contributed by atoms with Crippen LogP contribution in [0.5, 0.6) is 0 Å². The Morgan fingerprint density at radius 1 is 1.12 bits per heavy atom. The molecule has 1 aromatic heterocycles. The Hall–Kier alpha value is -3.58. The van der Waals surface area contributed by atoms with Crippen LogP contribution in [-0.4, -0.2) is 23.3 Å². The molecule has 1 unspecified atom stereocenters. The summed E-state index contributed by atoms with van der Waals surface area (Å²) in [4.78, 5) is 34.7. The van der Waals surface area contributed by atoms with Gasteiger partial charge in [-0.05, 0) is 60.9 Å².